The number of rotatable bonds is 23. The first-order valence-electron chi connectivity index (χ1n) is 18.1. The van der Waals surface area contributed by atoms with Gasteiger partial charge in [0.05, 0.1) is 27.7 Å². The molecule has 0 aliphatic heterocycles. The van der Waals surface area contributed by atoms with Gasteiger partial charge in [0.25, 0.3) is 0 Å². The van der Waals surface area contributed by atoms with Crippen molar-refractivity contribution in [1.82, 2.24) is 0 Å². The topological polar surface area (TPSA) is 34.1 Å². The second-order valence-electron chi connectivity index (χ2n) is 13.9. The zero-order valence-corrected chi connectivity index (χ0v) is 32.1. The molecule has 0 saturated carbocycles. The molecule has 6 heteroatoms. The van der Waals surface area contributed by atoms with Gasteiger partial charge in [-0.25, -0.2) is 9.36 Å². The van der Waals surface area contributed by atoms with Crippen molar-refractivity contribution in [3.05, 3.63) is 76.9 Å². The van der Waals surface area contributed by atoms with Gasteiger partial charge in [-0.2, -0.15) is 0 Å². The van der Waals surface area contributed by atoms with Gasteiger partial charge in [0, 0.05) is 30.0 Å². The first-order valence-corrected chi connectivity index (χ1v) is 18.1. The van der Waals surface area contributed by atoms with Gasteiger partial charge in [-0.1, -0.05) is 115 Å². The molecule has 0 fully saturated rings. The number of hydrogen-bond donors (Lipinski definition) is 0. The molecule has 2 heterocycles. The highest BCUT2D eigenvalue weighted by Crippen LogP contribution is 2.17. The van der Waals surface area contributed by atoms with Crippen LogP contribution in [0.1, 0.15) is 134 Å². The molecule has 0 unspecified atom stereocenters. The van der Waals surface area contributed by atoms with E-state index in [1.54, 1.807) is 0 Å². The quantitative estimate of drug-likeness (QED) is 0.0628. The second-order valence-corrected chi connectivity index (χ2v) is 13.9. The predicted molar refractivity (Wildman–Crippen MR) is 189 cm³/mol. The van der Waals surface area contributed by atoms with Crippen LogP contribution >= 0.6 is 0 Å². The van der Waals surface area contributed by atoms with E-state index in [2.05, 4.69) is 69.3 Å². The third kappa shape index (κ3) is 23.6. The Hall–Kier alpha value is -1.69. The van der Waals surface area contributed by atoms with Crippen LogP contribution in [0.25, 0.3) is 11.0 Å². The summed E-state index contributed by atoms with van der Waals surface area (Å²) in [5.74, 6) is 0. The lowest BCUT2D eigenvalue weighted by atomic mass is 10.0. The molecule has 3 rings (SSSR count). The summed E-state index contributed by atoms with van der Waals surface area (Å²) in [7, 11) is 6.88. The van der Waals surface area contributed by atoms with Crippen LogP contribution in [-0.4, -0.2) is 32.2 Å². The van der Waals surface area contributed by atoms with E-state index in [4.69, 9.17) is 4.42 Å². The molecule has 0 radical (unpaired) electrons. The highest BCUT2D eigenvalue weighted by Gasteiger charge is 2.05. The van der Waals surface area contributed by atoms with E-state index < -0.39 is 0 Å². The van der Waals surface area contributed by atoms with E-state index in [0.717, 1.165) is 22.8 Å². The lowest BCUT2D eigenvalue weighted by Gasteiger charge is -2.23. The molecule has 4 nitrogen and oxygen atoms in total. The average molecular weight is 722 g/mol. The van der Waals surface area contributed by atoms with Crippen molar-refractivity contribution in [1.29, 1.82) is 0 Å². The maximum atomic E-state index is 11.3. The van der Waals surface area contributed by atoms with Crippen LogP contribution in [0.3, 0.4) is 0 Å². The summed E-state index contributed by atoms with van der Waals surface area (Å²) in [5, 5.41) is 0.983. The number of nitrogens with zero attached hydrogens (tertiary/aromatic N) is 2. The molecule has 0 bridgehead atoms. The molecule has 0 amide bonds. The maximum absolute atomic E-state index is 11.3. The Kier molecular flexibility index (Phi) is 27.3. The Labute approximate surface area is 299 Å². The Morgan fingerprint density at radius 2 is 1.13 bits per heavy atom. The first-order chi connectivity index (χ1) is 21.4. The van der Waals surface area contributed by atoms with Crippen LogP contribution in [-0.2, 0) is 13.0 Å². The Bertz CT molecular complexity index is 1160. The lowest BCUT2D eigenvalue weighted by Crippen LogP contribution is -3.00. The van der Waals surface area contributed by atoms with Crippen LogP contribution in [0, 0.1) is 0 Å². The van der Waals surface area contributed by atoms with Crippen LogP contribution in [0.5, 0.6) is 0 Å². The van der Waals surface area contributed by atoms with Crippen molar-refractivity contribution in [3.63, 3.8) is 0 Å². The highest BCUT2D eigenvalue weighted by molar-refractivity contribution is 5.76. The van der Waals surface area contributed by atoms with Crippen molar-refractivity contribution in [2.75, 3.05) is 27.7 Å². The monoisotopic (exact) mass is 720 g/mol. The Morgan fingerprint density at radius 1 is 0.630 bits per heavy atom. The average Bonchev–Trinajstić information content (AvgIpc) is 3.01. The van der Waals surface area contributed by atoms with Crippen LogP contribution in [0.15, 0.2) is 70.1 Å². The number of unbranched alkanes of at least 4 members (excludes halogenated alkanes) is 17. The van der Waals surface area contributed by atoms with Gasteiger partial charge >= 0.3 is 5.63 Å². The number of pyridine rings is 1. The van der Waals surface area contributed by atoms with Gasteiger partial charge in [-0.15, -0.1) is 0 Å². The number of benzene rings is 1. The normalized spacial score (nSPS) is 11.0. The number of quaternary nitrogens is 1. The summed E-state index contributed by atoms with van der Waals surface area (Å²) in [5.41, 5.74) is 1.66. The standard InChI is InChI=1S/C21H24NO2.C19H42N.BrH.ClH/c23-21-13-12-19-11-10-18(17-20(19)24-21)9-5-2-1-3-6-14-22-15-7-4-8-16-22;1-5-6-7-8-9-10-11-12-13-14-15-16-17-18-19-20(2,3)4;;/h4,7-8,10-13,15-17H,1-3,5-6,9,14H2;5-19H2,1-4H3;2*1H/q2*+1;;/p-2. The summed E-state index contributed by atoms with van der Waals surface area (Å²) in [6.45, 7) is 4.73. The van der Waals surface area contributed by atoms with Crippen molar-refractivity contribution in [3.8, 4) is 0 Å². The smallest absolute Gasteiger partial charge is 0.336 e. The summed E-state index contributed by atoms with van der Waals surface area (Å²) in [6, 6.07) is 15.7. The van der Waals surface area contributed by atoms with Gasteiger partial charge in [-0.05, 0) is 49.8 Å². The van der Waals surface area contributed by atoms with E-state index in [0.29, 0.717) is 5.58 Å². The predicted octanol–water partition coefficient (Wildman–Crippen LogP) is 4.46. The number of hydrogen-bond acceptors (Lipinski definition) is 2. The zero-order valence-electron chi connectivity index (χ0n) is 29.8. The van der Waals surface area contributed by atoms with E-state index in [1.807, 2.05) is 18.2 Å². The van der Waals surface area contributed by atoms with Crippen molar-refractivity contribution in [2.24, 2.45) is 0 Å². The minimum atomic E-state index is -0.282. The van der Waals surface area contributed by atoms with Crippen LogP contribution < -0.4 is 39.6 Å². The largest absolute Gasteiger partial charge is 1.00 e. The minimum absolute atomic E-state index is 0. The number of fused-ring (bicyclic) bond motifs is 1. The van der Waals surface area contributed by atoms with Gasteiger partial charge in [0.2, 0.25) is 0 Å². The Balaban J connectivity index is 0.000000861. The van der Waals surface area contributed by atoms with Gasteiger partial charge < -0.3 is 38.3 Å². The molecule has 2 aromatic heterocycles. The lowest BCUT2D eigenvalue weighted by molar-refractivity contribution is -0.870. The molecule has 1 aromatic carbocycles. The molecule has 0 atom stereocenters. The second kappa shape index (κ2) is 28.3. The summed E-state index contributed by atoms with van der Waals surface area (Å²) < 4.78 is 8.61. The molecule has 0 N–H and O–H groups in total. The maximum Gasteiger partial charge on any atom is 0.336 e. The van der Waals surface area contributed by atoms with Gasteiger partial charge in [-0.3, -0.25) is 0 Å². The van der Waals surface area contributed by atoms with E-state index in [9.17, 15) is 4.79 Å². The van der Waals surface area contributed by atoms with E-state index in [1.165, 1.54) is 140 Å². The molecule has 46 heavy (non-hydrogen) atoms. The van der Waals surface area contributed by atoms with Crippen LogP contribution in [0.2, 0.25) is 0 Å². The number of halogens is 2. The fourth-order valence-electron chi connectivity index (χ4n) is 5.78. The van der Waals surface area contributed by atoms with Crippen LogP contribution in [0.4, 0.5) is 0 Å². The van der Waals surface area contributed by atoms with Crippen molar-refractivity contribution in [2.45, 2.75) is 142 Å². The molecular formula is C40H66BrClN2O2. The third-order valence-electron chi connectivity index (χ3n) is 8.53. The molecular weight excluding hydrogens is 656 g/mol. The van der Waals surface area contributed by atoms with Crippen molar-refractivity contribution < 1.29 is 42.9 Å². The first kappa shape index (κ1) is 44.3. The molecule has 0 spiro atoms. The van der Waals surface area contributed by atoms with Gasteiger partial charge in [0.1, 0.15) is 12.1 Å². The minimum Gasteiger partial charge on any atom is -1.00 e. The van der Waals surface area contributed by atoms with Gasteiger partial charge in [0.15, 0.2) is 12.4 Å². The third-order valence-corrected chi connectivity index (χ3v) is 8.53. The summed E-state index contributed by atoms with van der Waals surface area (Å²) in [4.78, 5) is 11.3. The van der Waals surface area contributed by atoms with E-state index in [-0.39, 0.29) is 35.0 Å². The molecule has 0 aliphatic carbocycles. The molecule has 262 valence electrons. The van der Waals surface area contributed by atoms with E-state index >= 15 is 0 Å². The number of aryl methyl sites for hydroxylation is 2. The summed E-state index contributed by atoms with van der Waals surface area (Å²) in [6.07, 6.45) is 31.9. The Morgan fingerprint density at radius 3 is 1.70 bits per heavy atom. The fourth-order valence-corrected chi connectivity index (χ4v) is 5.78. The highest BCUT2D eigenvalue weighted by atomic mass is 79.9. The summed E-state index contributed by atoms with van der Waals surface area (Å²) >= 11 is 0. The molecule has 0 saturated heterocycles. The molecule has 0 aliphatic rings. The van der Waals surface area contributed by atoms with Crippen molar-refractivity contribution >= 4 is 11.0 Å². The number of aromatic nitrogens is 1. The zero-order chi connectivity index (χ0) is 31.7. The fraction of sp³-hybridized carbons (Fsp3) is 0.650. The SMILES string of the molecule is CCCCCCCCCCCCCCCC[N+](C)(C)C.O=c1ccc2ccc(CCCCCCC[n+]3ccccc3)cc2o1.[Br-].[Cl-]. The molecule has 3 aromatic rings.